The average molecular weight is 422 g/mol. The first kappa shape index (κ1) is 20.3. The molecule has 1 unspecified atom stereocenters. The number of benzene rings is 2. The monoisotopic (exact) mass is 421 g/mol. The number of nitrogens with one attached hydrogen (secondary N) is 2. The minimum absolute atomic E-state index is 0.229. The predicted molar refractivity (Wildman–Crippen MR) is 110 cm³/mol. The zero-order valence-corrected chi connectivity index (χ0v) is 17.1. The third kappa shape index (κ3) is 4.51. The first-order valence-electron chi connectivity index (χ1n) is 8.97. The highest BCUT2D eigenvalue weighted by Gasteiger charge is 2.33. The fraction of sp³-hybridized carbons (Fsp3) is 0.300. The van der Waals surface area contributed by atoms with Crippen LogP contribution in [-0.4, -0.2) is 29.6 Å². The van der Waals surface area contributed by atoms with Crippen molar-refractivity contribution in [3.05, 3.63) is 57.6 Å². The number of halogens is 2. The van der Waals surface area contributed by atoms with Crippen LogP contribution in [0.2, 0.25) is 10.0 Å². The molecule has 28 heavy (non-hydrogen) atoms. The first-order chi connectivity index (χ1) is 13.4. The van der Waals surface area contributed by atoms with Crippen molar-refractivity contribution in [2.24, 2.45) is 0 Å². The van der Waals surface area contributed by atoms with Gasteiger partial charge in [-0.1, -0.05) is 36.5 Å². The molecule has 0 radical (unpaired) electrons. The topological polar surface area (TPSA) is 70.7 Å². The Morgan fingerprint density at radius 3 is 2.64 bits per heavy atom. The van der Waals surface area contributed by atoms with Crippen LogP contribution in [-0.2, 0) is 4.79 Å². The Morgan fingerprint density at radius 1 is 1.21 bits per heavy atom. The van der Waals surface area contributed by atoms with Gasteiger partial charge in [0.05, 0.1) is 5.56 Å². The van der Waals surface area contributed by atoms with Crippen LogP contribution in [0.1, 0.15) is 35.7 Å². The predicted octanol–water partition coefficient (Wildman–Crippen LogP) is 4.41. The number of ether oxygens (including phenoxy) is 1. The molecule has 2 aromatic carbocycles. The van der Waals surface area contributed by atoms with E-state index in [1.54, 1.807) is 36.4 Å². The summed E-state index contributed by atoms with van der Waals surface area (Å²) < 4.78 is 5.56. The van der Waals surface area contributed by atoms with Crippen molar-refractivity contribution < 1.29 is 14.3 Å². The molecule has 1 aliphatic rings. The van der Waals surface area contributed by atoms with Crippen LogP contribution in [0.4, 0.5) is 5.69 Å². The summed E-state index contributed by atoms with van der Waals surface area (Å²) in [6.45, 7) is 3.62. The molecule has 0 bridgehead atoms. The fourth-order valence-electron chi connectivity index (χ4n) is 3.02. The molecule has 148 valence electrons. The molecule has 1 atom stereocenters. The highest BCUT2D eigenvalue weighted by atomic mass is 35.5. The van der Waals surface area contributed by atoms with Gasteiger partial charge in [0.25, 0.3) is 11.8 Å². The van der Waals surface area contributed by atoms with E-state index in [1.807, 2.05) is 13.8 Å². The summed E-state index contributed by atoms with van der Waals surface area (Å²) in [5.41, 5.74) is 4.59. The molecule has 0 saturated heterocycles. The molecule has 1 aliphatic heterocycles. The van der Waals surface area contributed by atoms with Crippen molar-refractivity contribution in [2.75, 3.05) is 11.9 Å². The van der Waals surface area contributed by atoms with E-state index in [-0.39, 0.29) is 18.7 Å². The van der Waals surface area contributed by atoms with Gasteiger partial charge in [-0.3, -0.25) is 15.0 Å². The van der Waals surface area contributed by atoms with E-state index in [0.717, 1.165) is 12.0 Å². The molecule has 8 heteroatoms. The number of anilines is 1. The van der Waals surface area contributed by atoms with E-state index in [9.17, 15) is 9.59 Å². The van der Waals surface area contributed by atoms with Crippen molar-refractivity contribution in [1.82, 2.24) is 10.4 Å². The van der Waals surface area contributed by atoms with Crippen LogP contribution in [0.3, 0.4) is 0 Å². The SMILES string of the molecule is CCCC1Nc2ccc(Cl)cc2C(=O)N1NC(=O)COc1ccc(Cl)cc1C. The second-order valence-corrected chi connectivity index (χ2v) is 7.42. The quantitative estimate of drug-likeness (QED) is 0.724. The molecule has 0 aliphatic carbocycles. The van der Waals surface area contributed by atoms with Crippen LogP contribution in [0.15, 0.2) is 36.4 Å². The summed E-state index contributed by atoms with van der Waals surface area (Å²) in [5.74, 6) is -0.188. The van der Waals surface area contributed by atoms with Crippen LogP contribution in [0, 0.1) is 6.92 Å². The lowest BCUT2D eigenvalue weighted by Crippen LogP contribution is -2.58. The molecule has 3 rings (SSSR count). The standard InChI is InChI=1S/C20H21Cl2N3O3/c1-3-4-18-23-16-7-5-14(22)10-15(16)20(27)25(18)24-19(26)11-28-17-8-6-13(21)9-12(17)2/h5-10,18,23H,3-4,11H2,1-2H3,(H,24,26). The number of carbonyl (C=O) groups is 2. The molecule has 2 aromatic rings. The molecular formula is C20H21Cl2N3O3. The molecule has 0 fully saturated rings. The number of aryl methyl sites for hydroxylation is 1. The van der Waals surface area contributed by atoms with Crippen LogP contribution < -0.4 is 15.5 Å². The lowest BCUT2D eigenvalue weighted by Gasteiger charge is -2.37. The number of fused-ring (bicyclic) bond motifs is 1. The highest BCUT2D eigenvalue weighted by molar-refractivity contribution is 6.31. The lowest BCUT2D eigenvalue weighted by atomic mass is 10.1. The number of hydrogen-bond donors (Lipinski definition) is 2. The van der Waals surface area contributed by atoms with Gasteiger partial charge in [-0.15, -0.1) is 0 Å². The second kappa shape index (κ2) is 8.71. The molecule has 1 heterocycles. The van der Waals surface area contributed by atoms with Gasteiger partial charge in [0.1, 0.15) is 11.9 Å². The van der Waals surface area contributed by atoms with Gasteiger partial charge in [0.2, 0.25) is 0 Å². The van der Waals surface area contributed by atoms with E-state index >= 15 is 0 Å². The maximum absolute atomic E-state index is 12.9. The smallest absolute Gasteiger partial charge is 0.276 e. The van der Waals surface area contributed by atoms with Gasteiger partial charge < -0.3 is 10.1 Å². The van der Waals surface area contributed by atoms with E-state index in [0.29, 0.717) is 33.5 Å². The number of amides is 2. The second-order valence-electron chi connectivity index (χ2n) is 6.55. The van der Waals surface area contributed by atoms with Gasteiger partial charge in [0, 0.05) is 15.7 Å². The summed E-state index contributed by atoms with van der Waals surface area (Å²) >= 11 is 11.9. The first-order valence-corrected chi connectivity index (χ1v) is 9.72. The number of carbonyl (C=O) groups excluding carboxylic acids is 2. The van der Waals surface area contributed by atoms with Crippen LogP contribution in [0.25, 0.3) is 0 Å². The summed E-state index contributed by atoms with van der Waals surface area (Å²) in [6.07, 6.45) is 1.15. The van der Waals surface area contributed by atoms with Crippen LogP contribution >= 0.6 is 23.2 Å². The molecule has 0 aromatic heterocycles. The molecule has 2 N–H and O–H groups in total. The Balaban J connectivity index is 1.71. The highest BCUT2D eigenvalue weighted by Crippen LogP contribution is 2.28. The summed E-state index contributed by atoms with van der Waals surface area (Å²) in [4.78, 5) is 25.3. The lowest BCUT2D eigenvalue weighted by molar-refractivity contribution is -0.127. The molecular weight excluding hydrogens is 401 g/mol. The van der Waals surface area contributed by atoms with Gasteiger partial charge in [0.15, 0.2) is 6.61 Å². The van der Waals surface area contributed by atoms with Crippen molar-refractivity contribution in [1.29, 1.82) is 0 Å². The van der Waals surface area contributed by atoms with Gasteiger partial charge in [-0.05, 0) is 55.3 Å². The fourth-order valence-corrected chi connectivity index (χ4v) is 3.42. The van der Waals surface area contributed by atoms with E-state index in [2.05, 4.69) is 10.7 Å². The third-order valence-electron chi connectivity index (χ3n) is 4.37. The van der Waals surface area contributed by atoms with E-state index in [4.69, 9.17) is 27.9 Å². The van der Waals surface area contributed by atoms with Gasteiger partial charge >= 0.3 is 0 Å². The van der Waals surface area contributed by atoms with Crippen molar-refractivity contribution in [2.45, 2.75) is 32.9 Å². The Labute approximate surface area is 173 Å². The number of hydrazine groups is 1. The zero-order valence-electron chi connectivity index (χ0n) is 15.6. The average Bonchev–Trinajstić information content (AvgIpc) is 2.65. The minimum atomic E-state index is -0.434. The Hall–Kier alpha value is -2.44. The van der Waals surface area contributed by atoms with Gasteiger partial charge in [-0.2, -0.15) is 0 Å². The van der Waals surface area contributed by atoms with Gasteiger partial charge in [-0.25, -0.2) is 5.01 Å². The maximum Gasteiger partial charge on any atom is 0.276 e. The van der Waals surface area contributed by atoms with Crippen molar-refractivity contribution in [3.63, 3.8) is 0 Å². The van der Waals surface area contributed by atoms with Crippen molar-refractivity contribution >= 4 is 40.7 Å². The molecule has 0 spiro atoms. The number of rotatable bonds is 6. The third-order valence-corrected chi connectivity index (χ3v) is 4.84. The summed E-state index contributed by atoms with van der Waals surface area (Å²) in [6, 6.07) is 10.2. The Kier molecular flexibility index (Phi) is 6.31. The normalized spacial score (nSPS) is 15.6. The Bertz CT molecular complexity index is 904. The molecule has 2 amide bonds. The minimum Gasteiger partial charge on any atom is -0.483 e. The van der Waals surface area contributed by atoms with Crippen LogP contribution in [0.5, 0.6) is 5.75 Å². The summed E-state index contributed by atoms with van der Waals surface area (Å²) in [5, 5.41) is 5.64. The zero-order chi connectivity index (χ0) is 20.3. The molecule has 6 nitrogen and oxygen atoms in total. The maximum atomic E-state index is 12.9. The number of hydrogen-bond acceptors (Lipinski definition) is 4. The van der Waals surface area contributed by atoms with E-state index in [1.165, 1.54) is 5.01 Å². The van der Waals surface area contributed by atoms with Crippen molar-refractivity contribution in [3.8, 4) is 5.75 Å². The number of nitrogens with zero attached hydrogens (tertiary/aromatic N) is 1. The Morgan fingerprint density at radius 2 is 1.93 bits per heavy atom. The summed E-state index contributed by atoms with van der Waals surface area (Å²) in [7, 11) is 0. The molecule has 0 saturated carbocycles. The van der Waals surface area contributed by atoms with E-state index < -0.39 is 5.91 Å². The largest absolute Gasteiger partial charge is 0.483 e.